The van der Waals surface area contributed by atoms with Crippen molar-refractivity contribution in [3.8, 4) is 11.1 Å². The molecule has 1 aliphatic carbocycles. The monoisotopic (exact) mass is 393 g/mol. The molecule has 5 nitrogen and oxygen atoms in total. The van der Waals surface area contributed by atoms with E-state index < -0.39 is 17.6 Å². The molecule has 0 bridgehead atoms. The minimum absolute atomic E-state index is 0.0608. The number of hydrogen-bond donors (Lipinski definition) is 1. The van der Waals surface area contributed by atoms with Crippen LogP contribution in [0.2, 0.25) is 0 Å². The van der Waals surface area contributed by atoms with Crippen LogP contribution in [0.4, 0.5) is 4.79 Å². The lowest BCUT2D eigenvalue weighted by Crippen LogP contribution is -2.55. The SMILES string of the molecule is C=CCCC(C)(C(=O)O)N(CC)C(=O)OCC1c2ccccc2-c2ccccc21. The minimum atomic E-state index is -1.34. The van der Waals surface area contributed by atoms with Gasteiger partial charge in [-0.2, -0.15) is 0 Å². The topological polar surface area (TPSA) is 66.8 Å². The zero-order chi connectivity index (χ0) is 21.0. The van der Waals surface area contributed by atoms with Crippen molar-refractivity contribution in [3.05, 3.63) is 72.3 Å². The number of carbonyl (C=O) groups excluding carboxylic acids is 1. The highest BCUT2D eigenvalue weighted by molar-refractivity contribution is 5.84. The van der Waals surface area contributed by atoms with Crippen LogP contribution in [0.25, 0.3) is 11.1 Å². The molecule has 5 heteroatoms. The van der Waals surface area contributed by atoms with E-state index in [4.69, 9.17) is 4.74 Å². The smallest absolute Gasteiger partial charge is 0.410 e. The highest BCUT2D eigenvalue weighted by Crippen LogP contribution is 2.44. The van der Waals surface area contributed by atoms with Gasteiger partial charge in [-0.25, -0.2) is 9.59 Å². The zero-order valence-electron chi connectivity index (χ0n) is 16.9. The predicted octanol–water partition coefficient (Wildman–Crippen LogP) is 5.07. The second-order valence-corrected chi connectivity index (χ2v) is 7.45. The molecule has 3 rings (SSSR count). The molecule has 2 aromatic carbocycles. The average molecular weight is 393 g/mol. The third kappa shape index (κ3) is 3.77. The zero-order valence-corrected chi connectivity index (χ0v) is 16.9. The van der Waals surface area contributed by atoms with Crippen LogP contribution in [0, 0.1) is 0 Å². The Morgan fingerprint density at radius 1 is 1.14 bits per heavy atom. The van der Waals surface area contributed by atoms with E-state index in [0.29, 0.717) is 6.42 Å². The molecule has 0 heterocycles. The van der Waals surface area contributed by atoms with Crippen molar-refractivity contribution in [1.29, 1.82) is 0 Å². The van der Waals surface area contributed by atoms with Crippen LogP contribution in [-0.2, 0) is 9.53 Å². The first-order chi connectivity index (χ1) is 13.9. The number of hydrogen-bond acceptors (Lipinski definition) is 3. The van der Waals surface area contributed by atoms with E-state index in [9.17, 15) is 14.7 Å². The Morgan fingerprint density at radius 3 is 2.17 bits per heavy atom. The molecule has 0 radical (unpaired) electrons. The molecule has 0 spiro atoms. The second kappa shape index (κ2) is 8.52. The maximum atomic E-state index is 12.9. The predicted molar refractivity (Wildman–Crippen MR) is 113 cm³/mol. The number of benzene rings is 2. The lowest BCUT2D eigenvalue weighted by molar-refractivity contribution is -0.149. The lowest BCUT2D eigenvalue weighted by atomic mass is 9.94. The van der Waals surface area contributed by atoms with Gasteiger partial charge in [0.15, 0.2) is 0 Å². The van der Waals surface area contributed by atoms with Crippen LogP contribution in [0.3, 0.4) is 0 Å². The Labute approximate surface area is 171 Å². The molecule has 1 N–H and O–H groups in total. The summed E-state index contributed by atoms with van der Waals surface area (Å²) in [5, 5.41) is 9.77. The van der Waals surface area contributed by atoms with E-state index in [1.165, 1.54) is 4.90 Å². The second-order valence-electron chi connectivity index (χ2n) is 7.45. The lowest BCUT2D eigenvalue weighted by Gasteiger charge is -2.36. The number of nitrogens with zero attached hydrogens (tertiary/aromatic N) is 1. The van der Waals surface area contributed by atoms with E-state index in [1.54, 1.807) is 19.9 Å². The number of likely N-dealkylation sites (N-methyl/N-ethyl adjacent to an activating group) is 1. The van der Waals surface area contributed by atoms with Crippen molar-refractivity contribution in [2.24, 2.45) is 0 Å². The largest absolute Gasteiger partial charge is 0.480 e. The molecule has 152 valence electrons. The van der Waals surface area contributed by atoms with Gasteiger partial charge in [0.05, 0.1) is 0 Å². The molecule has 0 saturated carbocycles. The Hall–Kier alpha value is -3.08. The van der Waals surface area contributed by atoms with Gasteiger partial charge in [-0.05, 0) is 48.9 Å². The molecule has 0 saturated heterocycles. The van der Waals surface area contributed by atoms with E-state index >= 15 is 0 Å². The van der Waals surface area contributed by atoms with Crippen LogP contribution in [0.1, 0.15) is 43.7 Å². The molecule has 2 aromatic rings. The van der Waals surface area contributed by atoms with Crippen molar-refractivity contribution in [1.82, 2.24) is 4.90 Å². The average Bonchev–Trinajstić information content (AvgIpc) is 3.05. The van der Waals surface area contributed by atoms with Crippen LogP contribution >= 0.6 is 0 Å². The summed E-state index contributed by atoms with van der Waals surface area (Å²) in [6, 6.07) is 16.2. The third-order valence-corrected chi connectivity index (χ3v) is 5.76. The van der Waals surface area contributed by atoms with Crippen LogP contribution in [-0.4, -0.2) is 40.8 Å². The number of carboxylic acids is 1. The normalized spacial score (nSPS) is 14.4. The van der Waals surface area contributed by atoms with Crippen molar-refractivity contribution >= 4 is 12.1 Å². The molecule has 1 aliphatic rings. The molecule has 0 fully saturated rings. The van der Waals surface area contributed by atoms with Gasteiger partial charge in [-0.3, -0.25) is 4.90 Å². The van der Waals surface area contributed by atoms with Gasteiger partial charge in [-0.1, -0.05) is 54.6 Å². The molecule has 0 aromatic heterocycles. The Bertz CT molecular complexity index is 877. The summed E-state index contributed by atoms with van der Waals surface area (Å²) >= 11 is 0. The van der Waals surface area contributed by atoms with Gasteiger partial charge in [0.1, 0.15) is 12.1 Å². The Morgan fingerprint density at radius 2 is 1.69 bits per heavy atom. The van der Waals surface area contributed by atoms with E-state index in [1.807, 2.05) is 24.3 Å². The van der Waals surface area contributed by atoms with E-state index in [0.717, 1.165) is 22.3 Å². The van der Waals surface area contributed by atoms with Gasteiger partial charge in [0.25, 0.3) is 0 Å². The number of carboxylic acid groups (broad SMARTS) is 1. The van der Waals surface area contributed by atoms with Crippen LogP contribution in [0.5, 0.6) is 0 Å². The van der Waals surface area contributed by atoms with Crippen molar-refractivity contribution < 1.29 is 19.4 Å². The third-order valence-electron chi connectivity index (χ3n) is 5.76. The maximum absolute atomic E-state index is 12.9. The van der Waals surface area contributed by atoms with Crippen molar-refractivity contribution in [2.45, 2.75) is 38.1 Å². The van der Waals surface area contributed by atoms with Crippen LogP contribution < -0.4 is 0 Å². The van der Waals surface area contributed by atoms with Gasteiger partial charge >= 0.3 is 12.1 Å². The molecule has 1 amide bonds. The number of ether oxygens (including phenoxy) is 1. The molecular formula is C24H27NO4. The Kier molecular flexibility index (Phi) is 6.06. The highest BCUT2D eigenvalue weighted by atomic mass is 16.6. The fourth-order valence-corrected chi connectivity index (χ4v) is 4.09. The highest BCUT2D eigenvalue weighted by Gasteiger charge is 2.42. The molecule has 29 heavy (non-hydrogen) atoms. The molecule has 0 aliphatic heterocycles. The Balaban J connectivity index is 1.81. The minimum Gasteiger partial charge on any atom is -0.480 e. The first-order valence-corrected chi connectivity index (χ1v) is 9.91. The first kappa shape index (κ1) is 20.6. The molecule has 1 unspecified atom stereocenters. The fraction of sp³-hybridized carbons (Fsp3) is 0.333. The van der Waals surface area contributed by atoms with Gasteiger partial charge in [-0.15, -0.1) is 6.58 Å². The number of fused-ring (bicyclic) bond motifs is 3. The standard InChI is InChI=1S/C24H27NO4/c1-4-6-15-24(3,22(26)27)25(5-2)23(28)29-16-21-19-13-9-7-11-17(19)18-12-8-10-14-20(18)21/h4,7-14,21H,1,5-6,15-16H2,2-3H3,(H,26,27). The fourth-order valence-electron chi connectivity index (χ4n) is 4.09. The van der Waals surface area contributed by atoms with Crippen molar-refractivity contribution in [2.75, 3.05) is 13.2 Å². The van der Waals surface area contributed by atoms with Crippen molar-refractivity contribution in [3.63, 3.8) is 0 Å². The number of rotatable bonds is 8. The number of carbonyl (C=O) groups is 2. The number of allylic oxidation sites excluding steroid dienone is 1. The quantitative estimate of drug-likeness (QED) is 0.636. The molecule has 1 atom stereocenters. The van der Waals surface area contributed by atoms with E-state index in [2.05, 4.69) is 30.8 Å². The summed E-state index contributed by atoms with van der Waals surface area (Å²) in [5.41, 5.74) is 3.20. The number of amides is 1. The summed E-state index contributed by atoms with van der Waals surface area (Å²) in [4.78, 5) is 26.1. The first-order valence-electron chi connectivity index (χ1n) is 9.91. The summed E-state index contributed by atoms with van der Waals surface area (Å²) in [6.07, 6.45) is 1.83. The summed E-state index contributed by atoms with van der Waals surface area (Å²) < 4.78 is 5.67. The summed E-state index contributed by atoms with van der Waals surface area (Å²) in [7, 11) is 0. The van der Waals surface area contributed by atoms with Gasteiger partial charge in [0, 0.05) is 12.5 Å². The molecular weight excluding hydrogens is 366 g/mol. The summed E-state index contributed by atoms with van der Waals surface area (Å²) in [5.74, 6) is -1.11. The summed E-state index contributed by atoms with van der Waals surface area (Å²) in [6.45, 7) is 7.39. The van der Waals surface area contributed by atoms with E-state index in [-0.39, 0.29) is 25.5 Å². The maximum Gasteiger partial charge on any atom is 0.410 e. The van der Waals surface area contributed by atoms with Gasteiger partial charge < -0.3 is 9.84 Å². The van der Waals surface area contributed by atoms with Crippen LogP contribution in [0.15, 0.2) is 61.2 Å². The number of aliphatic carboxylic acids is 1. The van der Waals surface area contributed by atoms with Gasteiger partial charge in [0.2, 0.25) is 0 Å².